The van der Waals surface area contributed by atoms with Crippen LogP contribution in [0.25, 0.3) is 16.8 Å². The third-order valence-electron chi connectivity index (χ3n) is 3.93. The summed E-state index contributed by atoms with van der Waals surface area (Å²) in [5.41, 5.74) is 5.48. The number of halogens is 1. The maximum atomic E-state index is 6.10. The number of hydrogen-bond donors (Lipinski definition) is 0. The molecule has 0 radical (unpaired) electrons. The molecule has 0 aliphatic heterocycles. The molecule has 2 aromatic heterocycles. The molecule has 25 heavy (non-hydrogen) atoms. The smallest absolute Gasteiger partial charge is 0.122 e. The minimum atomic E-state index is 0.710. The van der Waals surface area contributed by atoms with Gasteiger partial charge in [0.1, 0.15) is 5.03 Å². The molecule has 0 amide bonds. The van der Waals surface area contributed by atoms with Crippen molar-refractivity contribution in [2.75, 3.05) is 0 Å². The predicted molar refractivity (Wildman–Crippen MR) is 104 cm³/mol. The second kappa shape index (κ2) is 6.90. The van der Waals surface area contributed by atoms with Gasteiger partial charge in [0.25, 0.3) is 0 Å². The fraction of sp³-hybridized carbons (Fsp3) is 0.100. The van der Waals surface area contributed by atoms with E-state index in [9.17, 15) is 0 Å². The number of hydrogen-bond acceptors (Lipinski definition) is 3. The maximum absolute atomic E-state index is 6.10. The van der Waals surface area contributed by atoms with Crippen molar-refractivity contribution in [2.45, 2.75) is 17.7 Å². The van der Waals surface area contributed by atoms with Crippen LogP contribution in [0.3, 0.4) is 0 Å². The van der Waals surface area contributed by atoms with Crippen LogP contribution in [0, 0.1) is 6.92 Å². The van der Waals surface area contributed by atoms with Gasteiger partial charge >= 0.3 is 0 Å². The minimum Gasteiger partial charge on any atom is -0.246 e. The highest BCUT2D eigenvalue weighted by Gasteiger charge is 2.10. The van der Waals surface area contributed by atoms with E-state index in [0.29, 0.717) is 5.02 Å². The molecule has 0 atom stereocenters. The van der Waals surface area contributed by atoms with E-state index in [1.54, 1.807) is 18.0 Å². The van der Waals surface area contributed by atoms with Gasteiger partial charge in [-0.05, 0) is 30.7 Å². The molecule has 0 saturated heterocycles. The zero-order valence-electron chi connectivity index (χ0n) is 13.7. The van der Waals surface area contributed by atoms with E-state index in [4.69, 9.17) is 11.6 Å². The van der Waals surface area contributed by atoms with Crippen molar-refractivity contribution < 1.29 is 0 Å². The third-order valence-corrected chi connectivity index (χ3v) is 5.23. The summed E-state index contributed by atoms with van der Waals surface area (Å²) in [7, 11) is 0. The van der Waals surface area contributed by atoms with Crippen molar-refractivity contribution in [2.24, 2.45) is 0 Å². The van der Waals surface area contributed by atoms with Crippen LogP contribution >= 0.6 is 23.4 Å². The Labute approximate surface area is 155 Å². The lowest BCUT2D eigenvalue weighted by Gasteiger charge is -2.04. The summed E-state index contributed by atoms with van der Waals surface area (Å²) in [6.07, 6.45) is 3.67. The highest BCUT2D eigenvalue weighted by molar-refractivity contribution is 7.98. The second-order valence-corrected chi connectivity index (χ2v) is 7.28. The predicted octanol–water partition coefficient (Wildman–Crippen LogP) is 5.65. The van der Waals surface area contributed by atoms with E-state index < -0.39 is 0 Å². The van der Waals surface area contributed by atoms with E-state index in [1.165, 1.54) is 11.1 Å². The zero-order chi connectivity index (χ0) is 17.2. The minimum absolute atomic E-state index is 0.710. The standard InChI is InChI=1S/C20H16ClN3S/c1-14-4-2-5-15(10-14)13-25-20-19-12-18(23-24(19)9-8-22-20)16-6-3-7-17(21)11-16/h2-12H,13H2,1H3. The molecule has 3 nitrogen and oxygen atoms in total. The van der Waals surface area contributed by atoms with Crippen LogP contribution in [-0.2, 0) is 5.75 Å². The molecule has 2 heterocycles. The molecule has 0 N–H and O–H groups in total. The van der Waals surface area contributed by atoms with Gasteiger partial charge in [-0.1, -0.05) is 65.3 Å². The summed E-state index contributed by atoms with van der Waals surface area (Å²) in [6.45, 7) is 2.11. The number of nitrogens with zero attached hydrogens (tertiary/aromatic N) is 3. The molecule has 0 bridgehead atoms. The van der Waals surface area contributed by atoms with Gasteiger partial charge in [-0.15, -0.1) is 0 Å². The number of thioether (sulfide) groups is 1. The fourth-order valence-electron chi connectivity index (χ4n) is 2.75. The first-order chi connectivity index (χ1) is 12.2. The molecule has 0 saturated carbocycles. The summed E-state index contributed by atoms with van der Waals surface area (Å²) in [6, 6.07) is 18.4. The second-order valence-electron chi connectivity index (χ2n) is 5.88. The van der Waals surface area contributed by atoms with Gasteiger partial charge < -0.3 is 0 Å². The van der Waals surface area contributed by atoms with Crippen molar-refractivity contribution >= 4 is 28.9 Å². The lowest BCUT2D eigenvalue weighted by atomic mass is 10.1. The molecule has 5 heteroatoms. The van der Waals surface area contributed by atoms with Crippen LogP contribution in [0.2, 0.25) is 5.02 Å². The Hall–Kier alpha value is -2.30. The summed E-state index contributed by atoms with van der Waals surface area (Å²) in [5.74, 6) is 0.881. The quantitative estimate of drug-likeness (QED) is 0.438. The summed E-state index contributed by atoms with van der Waals surface area (Å²) in [4.78, 5) is 4.55. The Balaban J connectivity index is 1.66. The molecule has 4 aromatic rings. The molecule has 0 aliphatic carbocycles. The van der Waals surface area contributed by atoms with Gasteiger partial charge in [-0.3, -0.25) is 0 Å². The molecule has 0 aliphatic rings. The van der Waals surface area contributed by atoms with Gasteiger partial charge in [-0.2, -0.15) is 5.10 Å². The van der Waals surface area contributed by atoms with Gasteiger partial charge in [0, 0.05) is 28.7 Å². The van der Waals surface area contributed by atoms with Crippen molar-refractivity contribution in [1.82, 2.24) is 14.6 Å². The third kappa shape index (κ3) is 3.55. The first-order valence-electron chi connectivity index (χ1n) is 7.98. The van der Waals surface area contributed by atoms with E-state index >= 15 is 0 Å². The summed E-state index contributed by atoms with van der Waals surface area (Å²) >= 11 is 7.83. The van der Waals surface area contributed by atoms with Crippen LogP contribution in [0.15, 0.2) is 72.0 Å². The number of fused-ring (bicyclic) bond motifs is 1. The van der Waals surface area contributed by atoms with Crippen LogP contribution in [0.1, 0.15) is 11.1 Å². The van der Waals surface area contributed by atoms with Gasteiger partial charge in [0.15, 0.2) is 0 Å². The van der Waals surface area contributed by atoms with Crippen LogP contribution in [0.4, 0.5) is 0 Å². The number of benzene rings is 2. The molecule has 2 aromatic carbocycles. The summed E-state index contributed by atoms with van der Waals surface area (Å²) in [5, 5.41) is 6.35. The average molecular weight is 366 g/mol. The largest absolute Gasteiger partial charge is 0.246 e. The number of aryl methyl sites for hydroxylation is 1. The Morgan fingerprint density at radius 3 is 2.80 bits per heavy atom. The highest BCUT2D eigenvalue weighted by Crippen LogP contribution is 2.29. The normalized spacial score (nSPS) is 11.1. The fourth-order valence-corrected chi connectivity index (χ4v) is 3.86. The molecule has 124 valence electrons. The van der Waals surface area contributed by atoms with Crippen LogP contribution in [0.5, 0.6) is 0 Å². The average Bonchev–Trinajstić information content (AvgIpc) is 3.05. The maximum Gasteiger partial charge on any atom is 0.122 e. The molecule has 0 unspecified atom stereocenters. The Bertz CT molecular complexity index is 1040. The van der Waals surface area contributed by atoms with Crippen LogP contribution in [-0.4, -0.2) is 14.6 Å². The van der Waals surface area contributed by atoms with Gasteiger partial charge in [0.2, 0.25) is 0 Å². The topological polar surface area (TPSA) is 30.2 Å². The van der Waals surface area contributed by atoms with E-state index in [0.717, 1.165) is 27.6 Å². The van der Waals surface area contributed by atoms with Gasteiger partial charge in [0.05, 0.1) is 11.2 Å². The SMILES string of the molecule is Cc1cccc(CSc2nccn3nc(-c4cccc(Cl)c4)cc23)c1. The number of aromatic nitrogens is 3. The number of rotatable bonds is 4. The molecular weight excluding hydrogens is 350 g/mol. The first kappa shape index (κ1) is 16.2. The first-order valence-corrected chi connectivity index (χ1v) is 9.34. The van der Waals surface area contributed by atoms with E-state index in [1.807, 2.05) is 35.0 Å². The molecule has 0 fully saturated rings. The summed E-state index contributed by atoms with van der Waals surface area (Å²) < 4.78 is 1.88. The van der Waals surface area contributed by atoms with Crippen molar-refractivity contribution in [3.8, 4) is 11.3 Å². The molecular formula is C20H16ClN3S. The van der Waals surface area contributed by atoms with Gasteiger partial charge in [-0.25, -0.2) is 9.50 Å². The molecule has 4 rings (SSSR count). The van der Waals surface area contributed by atoms with E-state index in [-0.39, 0.29) is 0 Å². The lowest BCUT2D eigenvalue weighted by Crippen LogP contribution is -1.91. The van der Waals surface area contributed by atoms with Crippen molar-refractivity contribution in [3.63, 3.8) is 0 Å². The Morgan fingerprint density at radius 2 is 1.96 bits per heavy atom. The monoisotopic (exact) mass is 365 g/mol. The van der Waals surface area contributed by atoms with E-state index in [2.05, 4.69) is 47.3 Å². The zero-order valence-corrected chi connectivity index (χ0v) is 15.3. The molecule has 0 spiro atoms. The van der Waals surface area contributed by atoms with Crippen molar-refractivity contribution in [1.29, 1.82) is 0 Å². The Kier molecular flexibility index (Phi) is 4.47. The lowest BCUT2D eigenvalue weighted by molar-refractivity contribution is 0.920. The van der Waals surface area contributed by atoms with Crippen molar-refractivity contribution in [3.05, 3.63) is 83.1 Å². The van der Waals surface area contributed by atoms with Crippen LogP contribution < -0.4 is 0 Å². The highest BCUT2D eigenvalue weighted by atomic mass is 35.5. The Morgan fingerprint density at radius 1 is 1.08 bits per heavy atom.